The lowest BCUT2D eigenvalue weighted by Crippen LogP contribution is -2.27. The maximum atomic E-state index is 12.0. The van der Waals surface area contributed by atoms with Gasteiger partial charge in [-0.2, -0.15) is 0 Å². The van der Waals surface area contributed by atoms with Crippen LogP contribution in [0.1, 0.15) is 36.8 Å². The lowest BCUT2D eigenvalue weighted by molar-refractivity contribution is -0.118. The Kier molecular flexibility index (Phi) is 7.69. The van der Waals surface area contributed by atoms with E-state index < -0.39 is 0 Å². The first-order chi connectivity index (χ1) is 14.1. The number of ether oxygens (including phenoxy) is 1. The van der Waals surface area contributed by atoms with Crippen LogP contribution in [0.2, 0.25) is 0 Å². The van der Waals surface area contributed by atoms with Gasteiger partial charge < -0.3 is 14.5 Å². The fraction of sp³-hybridized carbons (Fsp3) is 0.318. The summed E-state index contributed by atoms with van der Waals surface area (Å²) in [6, 6.07) is 18.0. The summed E-state index contributed by atoms with van der Waals surface area (Å²) in [7, 11) is 0. The molecule has 0 bridgehead atoms. The zero-order valence-corrected chi connectivity index (χ0v) is 17.4. The average molecular weight is 412 g/mol. The zero-order valence-electron chi connectivity index (χ0n) is 16.6. The maximum absolute atomic E-state index is 12.0. The summed E-state index contributed by atoms with van der Waals surface area (Å²) in [5.41, 5.74) is 2.46. The summed E-state index contributed by atoms with van der Waals surface area (Å²) in [6.07, 6.45) is 0.803. The fourth-order valence-electron chi connectivity index (χ4n) is 2.62. The third-order valence-corrected chi connectivity index (χ3v) is 5.08. The molecule has 0 radical (unpaired) electrons. The van der Waals surface area contributed by atoms with E-state index in [0.29, 0.717) is 23.6 Å². The molecule has 6 nitrogen and oxygen atoms in total. The van der Waals surface area contributed by atoms with E-state index in [1.165, 1.54) is 22.9 Å². The van der Waals surface area contributed by atoms with Gasteiger partial charge in [-0.05, 0) is 35.6 Å². The van der Waals surface area contributed by atoms with Crippen LogP contribution >= 0.6 is 11.8 Å². The predicted octanol–water partition coefficient (Wildman–Crippen LogP) is 4.22. The highest BCUT2D eigenvalue weighted by Crippen LogP contribution is 2.20. The number of nitrogens with zero attached hydrogens (tertiary/aromatic N) is 2. The summed E-state index contributed by atoms with van der Waals surface area (Å²) in [4.78, 5) is 12.0. The number of hydrogen-bond acceptors (Lipinski definition) is 6. The topological polar surface area (TPSA) is 77.2 Å². The van der Waals surface area contributed by atoms with Crippen molar-refractivity contribution in [2.45, 2.75) is 38.0 Å². The fourth-order valence-corrected chi connectivity index (χ4v) is 3.23. The van der Waals surface area contributed by atoms with Gasteiger partial charge in [0.05, 0.1) is 5.75 Å². The molecule has 3 rings (SSSR count). The van der Waals surface area contributed by atoms with Crippen molar-refractivity contribution in [3.05, 3.63) is 71.6 Å². The van der Waals surface area contributed by atoms with E-state index in [1.807, 2.05) is 54.6 Å². The number of amides is 1. The molecule has 0 aliphatic rings. The largest absolute Gasteiger partial charge is 0.484 e. The van der Waals surface area contributed by atoms with E-state index in [0.717, 1.165) is 12.2 Å². The first kappa shape index (κ1) is 20.9. The highest BCUT2D eigenvalue weighted by atomic mass is 32.2. The van der Waals surface area contributed by atoms with Crippen molar-refractivity contribution in [2.75, 3.05) is 12.3 Å². The van der Waals surface area contributed by atoms with Crippen molar-refractivity contribution >= 4 is 17.7 Å². The molecule has 0 saturated carbocycles. The van der Waals surface area contributed by atoms with Crippen LogP contribution < -0.4 is 10.1 Å². The lowest BCUT2D eigenvalue weighted by atomic mass is 10.0. The minimum Gasteiger partial charge on any atom is -0.484 e. The minimum atomic E-state index is -0.0628. The monoisotopic (exact) mass is 411 g/mol. The first-order valence-electron chi connectivity index (χ1n) is 9.58. The summed E-state index contributed by atoms with van der Waals surface area (Å²) in [6.45, 7) is 5.09. The Morgan fingerprint density at radius 3 is 2.59 bits per heavy atom. The molecule has 1 aromatic heterocycles. The molecule has 2 aromatic carbocycles. The van der Waals surface area contributed by atoms with Crippen LogP contribution in [-0.2, 0) is 17.8 Å². The van der Waals surface area contributed by atoms with Crippen molar-refractivity contribution in [3.8, 4) is 5.75 Å². The predicted molar refractivity (Wildman–Crippen MR) is 113 cm³/mol. The van der Waals surface area contributed by atoms with Crippen molar-refractivity contribution in [1.29, 1.82) is 0 Å². The molecule has 0 spiro atoms. The Morgan fingerprint density at radius 1 is 1.10 bits per heavy atom. The molecule has 0 saturated heterocycles. The standard InChI is InChI=1S/C22H25N3O3S/c1-16(2)18-8-10-19(11-9-18)27-14-21-24-25-22(28-21)29-15-20(26)23-13-12-17-6-4-3-5-7-17/h3-11,16H,12-15H2,1-2H3,(H,23,26). The third kappa shape index (κ3) is 6.94. The van der Waals surface area contributed by atoms with Gasteiger partial charge in [0.15, 0.2) is 6.61 Å². The number of hydrogen-bond donors (Lipinski definition) is 1. The second kappa shape index (κ2) is 10.7. The van der Waals surface area contributed by atoms with Gasteiger partial charge in [0.25, 0.3) is 11.1 Å². The molecule has 3 aromatic rings. The van der Waals surface area contributed by atoms with Gasteiger partial charge in [-0.3, -0.25) is 4.79 Å². The van der Waals surface area contributed by atoms with Gasteiger partial charge in [-0.25, -0.2) is 0 Å². The van der Waals surface area contributed by atoms with Crippen LogP contribution in [0.15, 0.2) is 64.2 Å². The zero-order chi connectivity index (χ0) is 20.5. The van der Waals surface area contributed by atoms with Crippen LogP contribution in [0.5, 0.6) is 5.75 Å². The van der Waals surface area contributed by atoms with Crippen LogP contribution in [0.3, 0.4) is 0 Å². The molecule has 7 heteroatoms. The van der Waals surface area contributed by atoms with Gasteiger partial charge in [0.1, 0.15) is 5.75 Å². The third-order valence-electron chi connectivity index (χ3n) is 4.26. The van der Waals surface area contributed by atoms with Crippen LogP contribution in [0.4, 0.5) is 0 Å². The van der Waals surface area contributed by atoms with Gasteiger partial charge in [-0.1, -0.05) is 68.1 Å². The molecular formula is C22H25N3O3S. The Bertz CT molecular complexity index is 895. The molecule has 29 heavy (non-hydrogen) atoms. The Morgan fingerprint density at radius 2 is 1.86 bits per heavy atom. The highest BCUT2D eigenvalue weighted by molar-refractivity contribution is 7.99. The lowest BCUT2D eigenvalue weighted by Gasteiger charge is -2.07. The molecule has 0 unspecified atom stereocenters. The molecule has 0 aliphatic heterocycles. The van der Waals surface area contributed by atoms with E-state index in [2.05, 4.69) is 29.4 Å². The molecule has 0 fully saturated rings. The number of nitrogens with one attached hydrogen (secondary N) is 1. The van der Waals surface area contributed by atoms with Gasteiger partial charge in [0, 0.05) is 6.54 Å². The molecule has 0 aliphatic carbocycles. The second-order valence-corrected chi connectivity index (χ2v) is 7.77. The highest BCUT2D eigenvalue weighted by Gasteiger charge is 2.10. The summed E-state index contributed by atoms with van der Waals surface area (Å²) in [5, 5.41) is 11.2. The van der Waals surface area contributed by atoms with Crippen molar-refractivity contribution in [1.82, 2.24) is 15.5 Å². The molecule has 152 valence electrons. The van der Waals surface area contributed by atoms with Gasteiger partial charge in [-0.15, -0.1) is 10.2 Å². The maximum Gasteiger partial charge on any atom is 0.277 e. The molecule has 1 N–H and O–H groups in total. The molecule has 1 heterocycles. The molecular weight excluding hydrogens is 386 g/mol. The van der Waals surface area contributed by atoms with Crippen LogP contribution in [0, 0.1) is 0 Å². The van der Waals surface area contributed by atoms with E-state index in [9.17, 15) is 4.79 Å². The smallest absolute Gasteiger partial charge is 0.277 e. The number of carbonyl (C=O) groups excluding carboxylic acids is 1. The Labute approximate surface area is 175 Å². The van der Waals surface area contributed by atoms with Crippen molar-refractivity contribution in [3.63, 3.8) is 0 Å². The quantitative estimate of drug-likeness (QED) is 0.503. The number of benzene rings is 2. The first-order valence-corrected chi connectivity index (χ1v) is 10.6. The Hall–Kier alpha value is -2.80. The number of aromatic nitrogens is 2. The van der Waals surface area contributed by atoms with Gasteiger partial charge in [0.2, 0.25) is 5.91 Å². The normalized spacial score (nSPS) is 10.9. The number of thioether (sulfide) groups is 1. The van der Waals surface area contributed by atoms with Gasteiger partial charge >= 0.3 is 0 Å². The van der Waals surface area contributed by atoms with E-state index in [1.54, 1.807) is 0 Å². The molecule has 1 amide bonds. The summed E-state index contributed by atoms with van der Waals surface area (Å²) >= 11 is 1.21. The minimum absolute atomic E-state index is 0.0628. The van der Waals surface area contributed by atoms with Crippen LogP contribution in [0.25, 0.3) is 0 Å². The summed E-state index contributed by atoms with van der Waals surface area (Å²) < 4.78 is 11.2. The van der Waals surface area contributed by atoms with E-state index >= 15 is 0 Å². The van der Waals surface area contributed by atoms with E-state index in [4.69, 9.17) is 9.15 Å². The SMILES string of the molecule is CC(C)c1ccc(OCc2nnc(SCC(=O)NCCc3ccccc3)o2)cc1. The summed E-state index contributed by atoms with van der Waals surface area (Å²) in [5.74, 6) is 1.78. The van der Waals surface area contributed by atoms with Crippen molar-refractivity contribution in [2.24, 2.45) is 0 Å². The van der Waals surface area contributed by atoms with E-state index in [-0.39, 0.29) is 18.3 Å². The average Bonchev–Trinajstić information content (AvgIpc) is 3.20. The second-order valence-electron chi connectivity index (χ2n) is 6.85. The Balaban J connectivity index is 1.36. The van der Waals surface area contributed by atoms with Crippen molar-refractivity contribution < 1.29 is 13.9 Å². The molecule has 0 atom stereocenters. The van der Waals surface area contributed by atoms with Crippen LogP contribution in [-0.4, -0.2) is 28.4 Å². The number of rotatable bonds is 10. The number of carbonyl (C=O) groups is 1.